The minimum Gasteiger partial charge on any atom is -0.444 e. The normalized spacial score (nSPS) is 20.3. The molecule has 176 valence electrons. The molecule has 1 N–H and O–H groups in total. The average Bonchev–Trinajstić information content (AvgIpc) is 2.88. The Morgan fingerprint density at radius 1 is 1.03 bits per heavy atom. The zero-order valence-electron chi connectivity index (χ0n) is 20.6. The lowest BCUT2D eigenvalue weighted by Gasteiger charge is -2.37. The van der Waals surface area contributed by atoms with Gasteiger partial charge in [-0.3, -0.25) is 4.79 Å². The van der Waals surface area contributed by atoms with Crippen molar-refractivity contribution in [3.8, 4) is 0 Å². The molecule has 0 bridgehead atoms. The maximum Gasteiger partial charge on any atom is 0.494 e. The molecule has 0 aromatic heterocycles. The zero-order valence-corrected chi connectivity index (χ0v) is 20.6. The van der Waals surface area contributed by atoms with Gasteiger partial charge in [-0.05, 0) is 66.1 Å². The molecule has 32 heavy (non-hydrogen) atoms. The van der Waals surface area contributed by atoms with Crippen LogP contribution >= 0.6 is 0 Å². The number of hydrogen-bond donors (Lipinski definition) is 1. The molecule has 2 aliphatic rings. The first-order valence-electron chi connectivity index (χ1n) is 11.2. The van der Waals surface area contributed by atoms with Crippen LogP contribution in [0.2, 0.25) is 0 Å². The second kappa shape index (κ2) is 8.59. The van der Waals surface area contributed by atoms with Gasteiger partial charge in [0.2, 0.25) is 5.91 Å². The third-order valence-electron chi connectivity index (χ3n) is 6.13. The molecule has 0 unspecified atom stereocenters. The Morgan fingerprint density at radius 2 is 1.59 bits per heavy atom. The average molecular weight is 445 g/mol. The summed E-state index contributed by atoms with van der Waals surface area (Å²) in [5.74, 6) is -0.137. The highest BCUT2D eigenvalue weighted by atomic mass is 16.7. The first-order valence-corrected chi connectivity index (χ1v) is 11.2. The largest absolute Gasteiger partial charge is 0.494 e. The fourth-order valence-electron chi connectivity index (χ4n) is 3.69. The lowest BCUT2D eigenvalue weighted by molar-refractivity contribution is -0.114. The molecule has 0 saturated carbocycles. The Labute approximate surface area is 191 Å². The van der Waals surface area contributed by atoms with E-state index < -0.39 is 23.9 Å². The summed E-state index contributed by atoms with van der Waals surface area (Å²) in [7, 11) is -0.492. The number of ether oxygens (including phenoxy) is 1. The first kappa shape index (κ1) is 24.4. The van der Waals surface area contributed by atoms with Crippen molar-refractivity contribution < 1.29 is 23.6 Å². The van der Waals surface area contributed by atoms with Crippen LogP contribution in [0.15, 0.2) is 18.2 Å². The number of piperazine rings is 1. The van der Waals surface area contributed by atoms with Crippen LogP contribution < -0.4 is 15.7 Å². The monoisotopic (exact) mass is 445 g/mol. The predicted octanol–water partition coefficient (Wildman–Crippen LogP) is 3.00. The summed E-state index contributed by atoms with van der Waals surface area (Å²) in [6.45, 7) is 17.5. The van der Waals surface area contributed by atoms with Gasteiger partial charge in [0.05, 0.1) is 22.6 Å². The van der Waals surface area contributed by atoms with Crippen molar-refractivity contribution in [1.29, 1.82) is 0 Å². The van der Waals surface area contributed by atoms with Gasteiger partial charge >= 0.3 is 13.2 Å². The minimum atomic E-state index is -0.524. The van der Waals surface area contributed by atoms with Gasteiger partial charge < -0.3 is 29.2 Å². The number of anilines is 2. The van der Waals surface area contributed by atoms with E-state index in [2.05, 4.69) is 10.2 Å². The molecule has 1 aromatic rings. The molecule has 2 amide bonds. The third-order valence-corrected chi connectivity index (χ3v) is 6.13. The summed E-state index contributed by atoms with van der Waals surface area (Å²) in [6.07, 6.45) is -0.301. The van der Waals surface area contributed by atoms with Crippen molar-refractivity contribution in [2.75, 3.05) is 36.4 Å². The standard InChI is InChI=1S/C23H36BN3O5/c1-16(28)25-18-10-9-17(24-31-22(5,6)23(7,8)32-24)15-19(18)26-11-13-27(14-12-26)20(29)30-21(2,3)4/h9-10,15H,11-14H2,1-8H3,(H,25,28). The van der Waals surface area contributed by atoms with Gasteiger partial charge in [0.15, 0.2) is 0 Å². The molecule has 0 radical (unpaired) electrons. The first-order chi connectivity index (χ1) is 14.7. The Hall–Kier alpha value is -2.26. The number of rotatable bonds is 3. The fourth-order valence-corrected chi connectivity index (χ4v) is 3.69. The summed E-state index contributed by atoms with van der Waals surface area (Å²) in [4.78, 5) is 28.1. The number of carbonyl (C=O) groups is 2. The second-order valence-electron chi connectivity index (χ2n) is 10.5. The van der Waals surface area contributed by atoms with Gasteiger partial charge in [0, 0.05) is 33.1 Å². The number of carbonyl (C=O) groups excluding carboxylic acids is 2. The molecule has 0 aliphatic carbocycles. The molecule has 1 aromatic carbocycles. The SMILES string of the molecule is CC(=O)Nc1ccc(B2OC(C)(C)C(C)(C)O2)cc1N1CCN(C(=O)OC(C)(C)C)CC1. The number of hydrogen-bond acceptors (Lipinski definition) is 6. The molecule has 2 fully saturated rings. The lowest BCUT2D eigenvalue weighted by atomic mass is 9.78. The van der Waals surface area contributed by atoms with Crippen LogP contribution in [-0.4, -0.2) is 67.0 Å². The van der Waals surface area contributed by atoms with Crippen molar-refractivity contribution >= 4 is 36.0 Å². The van der Waals surface area contributed by atoms with E-state index in [0.29, 0.717) is 26.2 Å². The molecule has 3 rings (SSSR count). The number of nitrogens with zero attached hydrogens (tertiary/aromatic N) is 2. The maximum atomic E-state index is 12.4. The van der Waals surface area contributed by atoms with Crippen LogP contribution in [0.3, 0.4) is 0 Å². The highest BCUT2D eigenvalue weighted by Crippen LogP contribution is 2.37. The van der Waals surface area contributed by atoms with E-state index in [0.717, 1.165) is 16.8 Å². The van der Waals surface area contributed by atoms with Gasteiger partial charge in [0.25, 0.3) is 0 Å². The number of benzene rings is 1. The molecular weight excluding hydrogens is 409 g/mol. The highest BCUT2D eigenvalue weighted by Gasteiger charge is 2.51. The van der Waals surface area contributed by atoms with E-state index in [-0.39, 0.29) is 12.0 Å². The molecule has 0 atom stereocenters. The maximum absolute atomic E-state index is 12.4. The molecule has 9 heteroatoms. The zero-order chi connectivity index (χ0) is 23.9. The Kier molecular flexibility index (Phi) is 6.55. The van der Waals surface area contributed by atoms with Gasteiger partial charge in [-0.2, -0.15) is 0 Å². The number of amides is 2. The molecule has 2 aliphatic heterocycles. The second-order valence-corrected chi connectivity index (χ2v) is 10.5. The summed E-state index contributed by atoms with van der Waals surface area (Å²) in [5, 5.41) is 2.92. The minimum absolute atomic E-state index is 0.137. The van der Waals surface area contributed by atoms with E-state index in [1.165, 1.54) is 6.92 Å². The van der Waals surface area contributed by atoms with Crippen LogP contribution in [0, 0.1) is 0 Å². The van der Waals surface area contributed by atoms with Gasteiger partial charge in [-0.25, -0.2) is 4.79 Å². The predicted molar refractivity (Wildman–Crippen MR) is 126 cm³/mol. The fraction of sp³-hybridized carbons (Fsp3) is 0.652. The van der Waals surface area contributed by atoms with E-state index in [4.69, 9.17) is 14.0 Å². The van der Waals surface area contributed by atoms with Gasteiger partial charge in [0.1, 0.15) is 5.60 Å². The van der Waals surface area contributed by atoms with E-state index in [1.807, 2.05) is 66.7 Å². The highest BCUT2D eigenvalue weighted by molar-refractivity contribution is 6.62. The van der Waals surface area contributed by atoms with Crippen molar-refractivity contribution in [1.82, 2.24) is 4.90 Å². The summed E-state index contributed by atoms with van der Waals surface area (Å²) in [5.41, 5.74) is 1.10. The number of nitrogens with one attached hydrogen (secondary N) is 1. The topological polar surface area (TPSA) is 80.3 Å². The van der Waals surface area contributed by atoms with E-state index in [1.54, 1.807) is 4.90 Å². The van der Waals surface area contributed by atoms with Crippen molar-refractivity contribution in [3.63, 3.8) is 0 Å². The van der Waals surface area contributed by atoms with Crippen LogP contribution in [0.25, 0.3) is 0 Å². The summed E-state index contributed by atoms with van der Waals surface area (Å²) in [6, 6.07) is 5.82. The summed E-state index contributed by atoms with van der Waals surface area (Å²) < 4.78 is 17.9. The lowest BCUT2D eigenvalue weighted by Crippen LogP contribution is -2.50. The quantitative estimate of drug-likeness (QED) is 0.721. The van der Waals surface area contributed by atoms with Gasteiger partial charge in [-0.15, -0.1) is 0 Å². The Bertz CT molecular complexity index is 857. The molecule has 2 saturated heterocycles. The Balaban J connectivity index is 1.80. The molecular formula is C23H36BN3O5. The van der Waals surface area contributed by atoms with Crippen LogP contribution in [0.1, 0.15) is 55.4 Å². The molecule has 8 nitrogen and oxygen atoms in total. The summed E-state index contributed by atoms with van der Waals surface area (Å²) >= 11 is 0. The van der Waals surface area contributed by atoms with Crippen LogP contribution in [-0.2, 0) is 18.8 Å². The van der Waals surface area contributed by atoms with Crippen molar-refractivity contribution in [3.05, 3.63) is 18.2 Å². The van der Waals surface area contributed by atoms with Crippen LogP contribution in [0.5, 0.6) is 0 Å². The Morgan fingerprint density at radius 3 is 2.09 bits per heavy atom. The van der Waals surface area contributed by atoms with Crippen molar-refractivity contribution in [2.45, 2.75) is 72.2 Å². The smallest absolute Gasteiger partial charge is 0.444 e. The van der Waals surface area contributed by atoms with Crippen molar-refractivity contribution in [2.24, 2.45) is 0 Å². The van der Waals surface area contributed by atoms with Crippen LogP contribution in [0.4, 0.5) is 16.2 Å². The van der Waals surface area contributed by atoms with E-state index >= 15 is 0 Å². The molecule has 2 heterocycles. The van der Waals surface area contributed by atoms with E-state index in [9.17, 15) is 9.59 Å². The third kappa shape index (κ3) is 5.38. The van der Waals surface area contributed by atoms with Gasteiger partial charge in [-0.1, -0.05) is 6.07 Å². The molecule has 0 spiro atoms.